The Labute approximate surface area is 229 Å². The Morgan fingerprint density at radius 3 is 2.29 bits per heavy atom. The molecule has 0 spiro atoms. The number of aliphatic hydroxyl groups excluding tert-OH is 1. The third kappa shape index (κ3) is 12.7. The second kappa shape index (κ2) is 16.9. The molecule has 2 atom stereocenters. The van der Waals surface area contributed by atoms with Gasteiger partial charge < -0.3 is 25.0 Å². The third-order valence-corrected chi connectivity index (χ3v) is 7.69. The lowest BCUT2D eigenvalue weighted by atomic mass is 9.83. The highest BCUT2D eigenvalue weighted by Gasteiger charge is 2.33. The van der Waals surface area contributed by atoms with Crippen LogP contribution in [0, 0.1) is 17.8 Å². The lowest BCUT2D eigenvalue weighted by Gasteiger charge is -2.39. The second-order valence-electron chi connectivity index (χ2n) is 11.7. The van der Waals surface area contributed by atoms with Gasteiger partial charge in [-0.15, -0.1) is 0 Å². The zero-order chi connectivity index (χ0) is 28.0. The number of aliphatic carboxylic acids is 1. The molecule has 1 saturated carbocycles. The van der Waals surface area contributed by atoms with Crippen molar-refractivity contribution in [2.45, 2.75) is 110 Å². The quantitative estimate of drug-likeness (QED) is 0.264. The van der Waals surface area contributed by atoms with Gasteiger partial charge in [0.25, 0.3) is 0 Å². The van der Waals surface area contributed by atoms with Crippen LogP contribution >= 0.6 is 0 Å². The van der Waals surface area contributed by atoms with E-state index in [0.717, 1.165) is 38.5 Å². The lowest BCUT2D eigenvalue weighted by molar-refractivity contribution is -0.144. The van der Waals surface area contributed by atoms with Gasteiger partial charge in [-0.3, -0.25) is 9.59 Å². The van der Waals surface area contributed by atoms with Crippen LogP contribution in [-0.2, 0) is 19.1 Å². The molecule has 1 aliphatic carbocycles. The van der Waals surface area contributed by atoms with Crippen molar-refractivity contribution in [3.8, 4) is 0 Å². The second-order valence-corrected chi connectivity index (χ2v) is 11.7. The zero-order valence-corrected chi connectivity index (χ0v) is 24.0. The lowest BCUT2D eigenvalue weighted by Crippen LogP contribution is -2.39. The molecular formula is C31H51NO6. The van der Waals surface area contributed by atoms with Crippen molar-refractivity contribution in [2.24, 2.45) is 17.8 Å². The number of aliphatic hydroxyl groups is 1. The Kier molecular flexibility index (Phi) is 14.3. The summed E-state index contributed by atoms with van der Waals surface area (Å²) in [6, 6.07) is 0.330. The zero-order valence-electron chi connectivity index (χ0n) is 24.0. The van der Waals surface area contributed by atoms with Crippen molar-refractivity contribution in [1.29, 1.82) is 0 Å². The normalized spacial score (nSPS) is 28.6. The van der Waals surface area contributed by atoms with Crippen LogP contribution in [0.2, 0.25) is 0 Å². The number of rotatable bonds is 9. The van der Waals surface area contributed by atoms with Crippen molar-refractivity contribution in [1.82, 2.24) is 5.32 Å². The van der Waals surface area contributed by atoms with E-state index in [1.54, 1.807) is 6.08 Å². The van der Waals surface area contributed by atoms with E-state index in [1.807, 2.05) is 13.0 Å². The largest absolute Gasteiger partial charge is 0.481 e. The molecule has 0 aromatic rings. The summed E-state index contributed by atoms with van der Waals surface area (Å²) in [5.74, 6) is 0.247. The minimum atomic E-state index is -0.682. The van der Waals surface area contributed by atoms with Gasteiger partial charge in [-0.05, 0) is 103 Å². The van der Waals surface area contributed by atoms with Gasteiger partial charge in [0.1, 0.15) is 0 Å². The minimum absolute atomic E-state index is 0.0488. The highest BCUT2D eigenvalue weighted by atomic mass is 16.5. The molecule has 3 N–H and O–H groups in total. The van der Waals surface area contributed by atoms with E-state index < -0.39 is 5.97 Å². The van der Waals surface area contributed by atoms with Gasteiger partial charge in [0.05, 0.1) is 17.6 Å². The number of nitrogens with one attached hydrogen (secondary N) is 1. The van der Waals surface area contributed by atoms with Crippen molar-refractivity contribution in [3.05, 3.63) is 36.0 Å². The maximum atomic E-state index is 11.8. The fourth-order valence-electron chi connectivity index (χ4n) is 5.51. The van der Waals surface area contributed by atoms with Crippen LogP contribution < -0.4 is 5.32 Å². The summed E-state index contributed by atoms with van der Waals surface area (Å²) in [5, 5.41) is 21.1. The Hall–Kier alpha value is -1.96. The van der Waals surface area contributed by atoms with Crippen LogP contribution in [0.1, 0.15) is 91.9 Å². The average molecular weight is 534 g/mol. The predicted octanol–water partition coefficient (Wildman–Crippen LogP) is 5.58. The van der Waals surface area contributed by atoms with Gasteiger partial charge in [0, 0.05) is 25.9 Å². The monoisotopic (exact) mass is 533 g/mol. The van der Waals surface area contributed by atoms with Gasteiger partial charge in [0.2, 0.25) is 5.91 Å². The maximum absolute atomic E-state index is 11.8. The number of hydrogen-bond donors (Lipinski definition) is 3. The molecule has 0 bridgehead atoms. The first-order valence-electron chi connectivity index (χ1n) is 14.5. The van der Waals surface area contributed by atoms with Crippen LogP contribution in [0.15, 0.2) is 36.0 Å². The Bertz CT molecular complexity index is 803. The summed E-state index contributed by atoms with van der Waals surface area (Å²) in [6.45, 7) is 9.86. The van der Waals surface area contributed by atoms with Crippen molar-refractivity contribution in [2.75, 3.05) is 19.8 Å². The summed E-state index contributed by atoms with van der Waals surface area (Å²) in [5.41, 5.74) is 1.11. The van der Waals surface area contributed by atoms with Gasteiger partial charge in [-0.2, -0.15) is 0 Å². The summed E-state index contributed by atoms with van der Waals surface area (Å²) in [6.07, 6.45) is 20.0. The fraction of sp³-hybridized carbons (Fsp3) is 0.742. The van der Waals surface area contributed by atoms with Gasteiger partial charge in [-0.1, -0.05) is 36.8 Å². The Balaban J connectivity index is 0.000000474. The number of allylic oxidation sites excluding steroid dienone is 4. The molecule has 0 aromatic carbocycles. The number of carbonyl (C=O) groups excluding carboxylic acids is 1. The van der Waals surface area contributed by atoms with Crippen LogP contribution in [-0.4, -0.2) is 59.7 Å². The molecular weight excluding hydrogens is 482 g/mol. The number of hydrogen-bond acceptors (Lipinski definition) is 5. The molecule has 2 saturated heterocycles. The Morgan fingerprint density at radius 2 is 1.71 bits per heavy atom. The van der Waals surface area contributed by atoms with E-state index >= 15 is 0 Å². The molecule has 2 aliphatic heterocycles. The first kappa shape index (κ1) is 32.3. The summed E-state index contributed by atoms with van der Waals surface area (Å²) in [7, 11) is 0. The molecule has 1 amide bonds. The van der Waals surface area contributed by atoms with E-state index in [0.29, 0.717) is 43.9 Å². The van der Waals surface area contributed by atoms with Crippen LogP contribution in [0.3, 0.4) is 0 Å². The number of amides is 1. The van der Waals surface area contributed by atoms with E-state index in [1.165, 1.54) is 18.4 Å². The van der Waals surface area contributed by atoms with Crippen molar-refractivity contribution in [3.63, 3.8) is 0 Å². The van der Waals surface area contributed by atoms with Crippen molar-refractivity contribution >= 4 is 11.9 Å². The third-order valence-electron chi connectivity index (χ3n) is 7.69. The topological polar surface area (TPSA) is 105 Å². The van der Waals surface area contributed by atoms with E-state index in [9.17, 15) is 14.7 Å². The van der Waals surface area contributed by atoms with Gasteiger partial charge in [-0.25, -0.2) is 0 Å². The predicted molar refractivity (Wildman–Crippen MR) is 151 cm³/mol. The molecule has 0 radical (unpaired) electrons. The van der Waals surface area contributed by atoms with Gasteiger partial charge in [0.15, 0.2) is 0 Å². The van der Waals surface area contributed by atoms with E-state index in [2.05, 4.69) is 44.3 Å². The average Bonchev–Trinajstić information content (AvgIpc) is 2.90. The molecule has 2 heterocycles. The molecule has 3 rings (SSSR count). The highest BCUT2D eigenvalue weighted by Crippen LogP contribution is 2.33. The minimum Gasteiger partial charge on any atom is -0.481 e. The summed E-state index contributed by atoms with van der Waals surface area (Å²) >= 11 is 0. The number of carboxylic acid groups (broad SMARTS) is 1. The molecule has 3 fully saturated rings. The number of carbonyl (C=O) groups is 2. The van der Waals surface area contributed by atoms with E-state index in [4.69, 9.17) is 14.6 Å². The van der Waals surface area contributed by atoms with Crippen LogP contribution in [0.4, 0.5) is 0 Å². The first-order chi connectivity index (χ1) is 18.1. The highest BCUT2D eigenvalue weighted by molar-refractivity contribution is 5.87. The standard InChI is InChI=1S/C25H41NO3.C6H10O3/c1-5-6-7-24(28)26-22-13-11-20(12-14-22)10-8-19(2)9-15-23-16-21(18-27)17-25(3,4)29-23;7-6(8)5-1-3-9-4-2-5/h6-9,15,20-23,27H,5,10-14,16-18H2,1-4H3,(H,26,28);5H,1-4H2,(H,7,8)/b7-6-,15-9+,19-8+;. The SMILES string of the molecule is CC/C=C\C(=O)NC1CCC(C/C=C(C)/C=C/C2CC(CO)CC(C)(C)O2)CC1.O=C(O)C1CCOCC1. The molecule has 7 nitrogen and oxygen atoms in total. The molecule has 7 heteroatoms. The molecule has 3 aliphatic rings. The van der Waals surface area contributed by atoms with Crippen LogP contribution in [0.5, 0.6) is 0 Å². The Morgan fingerprint density at radius 1 is 1.03 bits per heavy atom. The fourth-order valence-corrected chi connectivity index (χ4v) is 5.51. The van der Waals surface area contributed by atoms with Gasteiger partial charge >= 0.3 is 5.97 Å². The molecule has 38 heavy (non-hydrogen) atoms. The summed E-state index contributed by atoms with van der Waals surface area (Å²) in [4.78, 5) is 22.1. The molecule has 0 aromatic heterocycles. The van der Waals surface area contributed by atoms with Crippen molar-refractivity contribution < 1.29 is 29.3 Å². The number of carboxylic acids is 1. The maximum Gasteiger partial charge on any atom is 0.306 e. The number of ether oxygens (including phenoxy) is 2. The smallest absolute Gasteiger partial charge is 0.306 e. The van der Waals surface area contributed by atoms with Crippen LogP contribution in [0.25, 0.3) is 0 Å². The van der Waals surface area contributed by atoms with E-state index in [-0.39, 0.29) is 30.1 Å². The summed E-state index contributed by atoms with van der Waals surface area (Å²) < 4.78 is 11.1. The molecule has 216 valence electrons. The first-order valence-corrected chi connectivity index (χ1v) is 14.5. The molecule has 2 unspecified atom stereocenters.